The summed E-state index contributed by atoms with van der Waals surface area (Å²) in [5.74, 6) is 0.311. The van der Waals surface area contributed by atoms with Crippen LogP contribution in [-0.4, -0.2) is 51.2 Å². The smallest absolute Gasteiger partial charge is 0.227 e. The maximum absolute atomic E-state index is 11.8. The molecule has 5 heteroatoms. The van der Waals surface area contributed by atoms with E-state index >= 15 is 0 Å². The molecule has 0 aromatic carbocycles. The Morgan fingerprint density at radius 3 is 2.87 bits per heavy atom. The molecular weight excluding hydrogens is 216 g/mol. The van der Waals surface area contributed by atoms with Crippen LogP contribution in [0.1, 0.15) is 12.8 Å². The first kappa shape index (κ1) is 14.7. The summed E-state index contributed by atoms with van der Waals surface area (Å²) in [6.07, 6.45) is 1.99. The van der Waals surface area contributed by atoms with Crippen LogP contribution < -0.4 is 5.32 Å². The van der Waals surface area contributed by atoms with E-state index in [4.69, 9.17) is 4.74 Å². The zero-order chi connectivity index (χ0) is 10.4. The van der Waals surface area contributed by atoms with Crippen molar-refractivity contribution >= 4 is 18.3 Å². The summed E-state index contributed by atoms with van der Waals surface area (Å²) in [4.78, 5) is 13.6. The Morgan fingerprint density at radius 2 is 2.33 bits per heavy atom. The van der Waals surface area contributed by atoms with Crippen LogP contribution in [0.3, 0.4) is 0 Å². The Morgan fingerprint density at radius 1 is 1.60 bits per heavy atom. The Balaban J connectivity index is 0.00000196. The first-order valence-electron chi connectivity index (χ1n) is 5.23. The standard InChI is InChI=1S/C10H20N2O2.ClH/c1-11-5-6-12(2)10(13)9-4-3-7-14-8-9;/h9,11H,3-8H2,1-2H3;1H. The molecule has 0 aromatic heterocycles. The van der Waals surface area contributed by atoms with Gasteiger partial charge in [-0.3, -0.25) is 4.79 Å². The van der Waals surface area contributed by atoms with Gasteiger partial charge in [-0.15, -0.1) is 12.4 Å². The molecule has 0 radical (unpaired) electrons. The number of halogens is 1. The predicted molar refractivity (Wildman–Crippen MR) is 62.4 cm³/mol. The van der Waals surface area contributed by atoms with Crippen LogP contribution >= 0.6 is 12.4 Å². The third-order valence-corrected chi connectivity index (χ3v) is 2.58. The molecule has 90 valence electrons. The number of ether oxygens (including phenoxy) is 1. The molecular formula is C10H21ClN2O2. The Hall–Kier alpha value is -0.320. The van der Waals surface area contributed by atoms with Gasteiger partial charge in [0.1, 0.15) is 0 Å². The van der Waals surface area contributed by atoms with Crippen molar-refractivity contribution in [3.8, 4) is 0 Å². The predicted octanol–water partition coefficient (Wildman–Crippen LogP) is 0.513. The highest BCUT2D eigenvalue weighted by molar-refractivity contribution is 5.85. The maximum atomic E-state index is 11.8. The molecule has 0 aromatic rings. The number of nitrogens with zero attached hydrogens (tertiary/aromatic N) is 1. The summed E-state index contributed by atoms with van der Waals surface area (Å²) in [5, 5.41) is 3.03. The second kappa shape index (κ2) is 7.91. The molecule has 0 bridgehead atoms. The third kappa shape index (κ3) is 4.82. The number of hydrogen-bond donors (Lipinski definition) is 1. The van der Waals surface area contributed by atoms with E-state index in [0.29, 0.717) is 6.61 Å². The van der Waals surface area contributed by atoms with Gasteiger partial charge in [0.2, 0.25) is 5.91 Å². The molecule has 15 heavy (non-hydrogen) atoms. The summed E-state index contributed by atoms with van der Waals surface area (Å²) in [7, 11) is 3.75. The van der Waals surface area contributed by atoms with E-state index in [2.05, 4.69) is 5.32 Å². The van der Waals surface area contributed by atoms with Crippen molar-refractivity contribution < 1.29 is 9.53 Å². The van der Waals surface area contributed by atoms with Gasteiger partial charge in [-0.2, -0.15) is 0 Å². The van der Waals surface area contributed by atoms with E-state index in [-0.39, 0.29) is 24.2 Å². The van der Waals surface area contributed by atoms with Gasteiger partial charge in [0.15, 0.2) is 0 Å². The van der Waals surface area contributed by atoms with Crippen molar-refractivity contribution in [2.75, 3.05) is 40.4 Å². The molecule has 1 saturated heterocycles. The quantitative estimate of drug-likeness (QED) is 0.774. The van der Waals surface area contributed by atoms with E-state index in [1.54, 1.807) is 4.90 Å². The average molecular weight is 237 g/mol. The molecule has 1 amide bonds. The zero-order valence-electron chi connectivity index (χ0n) is 9.49. The summed E-state index contributed by atoms with van der Waals surface area (Å²) in [6, 6.07) is 0. The first-order chi connectivity index (χ1) is 6.75. The maximum Gasteiger partial charge on any atom is 0.227 e. The lowest BCUT2D eigenvalue weighted by Crippen LogP contribution is -2.39. The topological polar surface area (TPSA) is 41.6 Å². The molecule has 4 nitrogen and oxygen atoms in total. The van der Waals surface area contributed by atoms with Gasteiger partial charge in [0, 0.05) is 26.7 Å². The molecule has 1 atom stereocenters. The highest BCUT2D eigenvalue weighted by Crippen LogP contribution is 2.15. The third-order valence-electron chi connectivity index (χ3n) is 2.58. The molecule has 1 rings (SSSR count). The summed E-state index contributed by atoms with van der Waals surface area (Å²) in [5.41, 5.74) is 0. The Kier molecular flexibility index (Phi) is 7.74. The van der Waals surface area contributed by atoms with Gasteiger partial charge in [-0.1, -0.05) is 0 Å². The average Bonchev–Trinajstić information content (AvgIpc) is 2.26. The number of likely N-dealkylation sites (N-methyl/N-ethyl adjacent to an activating group) is 2. The molecule has 0 saturated carbocycles. The molecule has 1 N–H and O–H groups in total. The highest BCUT2D eigenvalue weighted by atomic mass is 35.5. The second-order valence-electron chi connectivity index (χ2n) is 3.78. The van der Waals surface area contributed by atoms with Gasteiger partial charge in [0.05, 0.1) is 12.5 Å². The molecule has 1 aliphatic rings. The molecule has 0 spiro atoms. The van der Waals surface area contributed by atoms with Crippen molar-refractivity contribution in [1.82, 2.24) is 10.2 Å². The van der Waals surface area contributed by atoms with Crippen LogP contribution in [0.4, 0.5) is 0 Å². The Labute approximate surface area is 97.8 Å². The van der Waals surface area contributed by atoms with E-state index in [0.717, 1.165) is 32.5 Å². The number of amides is 1. The lowest BCUT2D eigenvalue weighted by Gasteiger charge is -2.26. The van der Waals surface area contributed by atoms with Crippen molar-refractivity contribution in [3.63, 3.8) is 0 Å². The van der Waals surface area contributed by atoms with Crippen LogP contribution in [0.15, 0.2) is 0 Å². The van der Waals surface area contributed by atoms with Crippen molar-refractivity contribution in [2.24, 2.45) is 5.92 Å². The minimum absolute atomic E-state index is 0. The highest BCUT2D eigenvalue weighted by Gasteiger charge is 2.24. The van der Waals surface area contributed by atoms with Crippen LogP contribution in [0.25, 0.3) is 0 Å². The monoisotopic (exact) mass is 236 g/mol. The fraction of sp³-hybridized carbons (Fsp3) is 0.900. The lowest BCUT2D eigenvalue weighted by molar-refractivity contribution is -0.138. The second-order valence-corrected chi connectivity index (χ2v) is 3.78. The largest absolute Gasteiger partial charge is 0.381 e. The van der Waals surface area contributed by atoms with Gasteiger partial charge >= 0.3 is 0 Å². The lowest BCUT2D eigenvalue weighted by atomic mass is 10.0. The van der Waals surface area contributed by atoms with Crippen molar-refractivity contribution in [1.29, 1.82) is 0 Å². The number of nitrogens with one attached hydrogen (secondary N) is 1. The number of hydrogen-bond acceptors (Lipinski definition) is 3. The van der Waals surface area contributed by atoms with Gasteiger partial charge in [-0.25, -0.2) is 0 Å². The SMILES string of the molecule is CNCCN(C)C(=O)C1CCCOC1.Cl. The van der Waals surface area contributed by atoms with Crippen LogP contribution in [-0.2, 0) is 9.53 Å². The van der Waals surface area contributed by atoms with E-state index in [1.165, 1.54) is 0 Å². The van der Waals surface area contributed by atoms with Gasteiger partial charge in [0.25, 0.3) is 0 Å². The fourth-order valence-corrected chi connectivity index (χ4v) is 1.64. The summed E-state index contributed by atoms with van der Waals surface area (Å²) < 4.78 is 5.29. The number of carbonyl (C=O) groups excluding carboxylic acids is 1. The number of carbonyl (C=O) groups is 1. The van der Waals surface area contributed by atoms with E-state index in [1.807, 2.05) is 14.1 Å². The fourth-order valence-electron chi connectivity index (χ4n) is 1.64. The molecule has 1 fully saturated rings. The van der Waals surface area contributed by atoms with Crippen LogP contribution in [0, 0.1) is 5.92 Å². The summed E-state index contributed by atoms with van der Waals surface area (Å²) in [6.45, 7) is 3.02. The minimum atomic E-state index is 0. The van der Waals surface area contributed by atoms with Crippen molar-refractivity contribution in [3.05, 3.63) is 0 Å². The van der Waals surface area contributed by atoms with E-state index in [9.17, 15) is 4.79 Å². The van der Waals surface area contributed by atoms with E-state index < -0.39 is 0 Å². The zero-order valence-corrected chi connectivity index (χ0v) is 10.3. The van der Waals surface area contributed by atoms with Crippen LogP contribution in [0.2, 0.25) is 0 Å². The van der Waals surface area contributed by atoms with Crippen LogP contribution in [0.5, 0.6) is 0 Å². The molecule has 0 aliphatic carbocycles. The molecule has 1 unspecified atom stereocenters. The normalized spacial score (nSPS) is 20.5. The minimum Gasteiger partial charge on any atom is -0.381 e. The molecule has 1 aliphatic heterocycles. The summed E-state index contributed by atoms with van der Waals surface area (Å²) >= 11 is 0. The first-order valence-corrected chi connectivity index (χ1v) is 5.23. The van der Waals surface area contributed by atoms with Gasteiger partial charge in [-0.05, 0) is 19.9 Å². The Bertz CT molecular complexity index is 184. The number of rotatable bonds is 4. The van der Waals surface area contributed by atoms with Gasteiger partial charge < -0.3 is 15.0 Å². The molecule has 1 heterocycles. The van der Waals surface area contributed by atoms with Crippen molar-refractivity contribution in [2.45, 2.75) is 12.8 Å².